The lowest BCUT2D eigenvalue weighted by Crippen LogP contribution is -2.53. The Bertz CT molecular complexity index is 594. The molecule has 1 saturated heterocycles. The predicted molar refractivity (Wildman–Crippen MR) is 111 cm³/mol. The molecule has 0 radical (unpaired) electrons. The first-order valence-electron chi connectivity index (χ1n) is 9.00. The zero-order valence-electron chi connectivity index (χ0n) is 15.2. The topological polar surface area (TPSA) is 55.1 Å². The van der Waals surface area contributed by atoms with E-state index < -0.39 is 0 Å². The average Bonchev–Trinajstić information content (AvgIpc) is 3.12. The number of halogens is 3. The summed E-state index contributed by atoms with van der Waals surface area (Å²) in [6.07, 6.45) is 7.82. The number of amides is 1. The highest BCUT2D eigenvalue weighted by atomic mass is 35.5. The van der Waals surface area contributed by atoms with Crippen molar-refractivity contribution in [2.24, 2.45) is 0 Å². The molecule has 1 saturated carbocycles. The van der Waals surface area contributed by atoms with Gasteiger partial charge in [0.2, 0.25) is 5.91 Å². The highest BCUT2D eigenvalue weighted by molar-refractivity contribution is 6.42. The third-order valence-corrected chi connectivity index (χ3v) is 6.27. The van der Waals surface area contributed by atoms with Gasteiger partial charge in [-0.3, -0.25) is 9.69 Å². The fraction of sp³-hybridized carbons (Fsp3) is 0.632. The molecule has 4 nitrogen and oxygen atoms in total. The Hall–Kier alpha value is -0.520. The van der Waals surface area contributed by atoms with Crippen LogP contribution in [-0.4, -0.2) is 53.4 Å². The Balaban J connectivity index is 0.00000169. The number of likely N-dealkylation sites (N-methyl/N-ethyl adjacent to an activating group) is 1. The largest absolute Gasteiger partial charge is 0.412 e. The van der Waals surface area contributed by atoms with Crippen LogP contribution in [0.2, 0.25) is 10.0 Å². The molecular weight excluding hydrogens is 395 g/mol. The van der Waals surface area contributed by atoms with Crippen molar-refractivity contribution in [3.63, 3.8) is 0 Å². The number of hydrogen-bond donors (Lipinski definition) is 0. The SMILES string of the molecule is CN(C(=O)Cc1ccc(Cl)c(Cl)c1)[C@H]1CCCC[C@@H]1N1CCCC1.Cl.O. The van der Waals surface area contributed by atoms with Crippen LogP contribution in [-0.2, 0) is 11.2 Å². The van der Waals surface area contributed by atoms with E-state index in [2.05, 4.69) is 4.90 Å². The molecule has 26 heavy (non-hydrogen) atoms. The Morgan fingerprint density at radius 2 is 1.77 bits per heavy atom. The number of nitrogens with zero attached hydrogens (tertiary/aromatic N) is 2. The van der Waals surface area contributed by atoms with Crippen LogP contribution in [0.1, 0.15) is 44.1 Å². The first-order chi connectivity index (χ1) is 11.6. The summed E-state index contributed by atoms with van der Waals surface area (Å²) in [5, 5.41) is 1.04. The van der Waals surface area contributed by atoms with Gasteiger partial charge in [0, 0.05) is 19.1 Å². The van der Waals surface area contributed by atoms with E-state index in [1.165, 1.54) is 45.2 Å². The molecular formula is C19H29Cl3N2O2. The third-order valence-electron chi connectivity index (χ3n) is 5.53. The van der Waals surface area contributed by atoms with Crippen molar-refractivity contribution in [3.05, 3.63) is 33.8 Å². The first-order valence-corrected chi connectivity index (χ1v) is 9.75. The van der Waals surface area contributed by atoms with Crippen molar-refractivity contribution >= 4 is 41.5 Å². The molecule has 3 rings (SSSR count). The van der Waals surface area contributed by atoms with Crippen molar-refractivity contribution in [1.82, 2.24) is 9.80 Å². The summed E-state index contributed by atoms with van der Waals surface area (Å²) >= 11 is 12.0. The maximum atomic E-state index is 12.8. The van der Waals surface area contributed by atoms with E-state index >= 15 is 0 Å². The summed E-state index contributed by atoms with van der Waals surface area (Å²) in [4.78, 5) is 17.4. The van der Waals surface area contributed by atoms with Crippen molar-refractivity contribution < 1.29 is 10.3 Å². The quantitative estimate of drug-likeness (QED) is 0.735. The van der Waals surface area contributed by atoms with Crippen LogP contribution in [0.25, 0.3) is 0 Å². The van der Waals surface area contributed by atoms with Crippen LogP contribution < -0.4 is 0 Å². The minimum Gasteiger partial charge on any atom is -0.412 e. The molecule has 1 amide bonds. The van der Waals surface area contributed by atoms with Crippen LogP contribution in [0.5, 0.6) is 0 Å². The average molecular weight is 424 g/mol. The molecule has 148 valence electrons. The third kappa shape index (κ3) is 5.49. The van der Waals surface area contributed by atoms with Gasteiger partial charge < -0.3 is 10.4 Å². The molecule has 0 bridgehead atoms. The minimum absolute atomic E-state index is 0. The lowest BCUT2D eigenvalue weighted by molar-refractivity contribution is -0.133. The van der Waals surface area contributed by atoms with E-state index in [0.717, 1.165) is 12.0 Å². The van der Waals surface area contributed by atoms with Gasteiger partial charge in [-0.05, 0) is 56.5 Å². The summed E-state index contributed by atoms with van der Waals surface area (Å²) < 4.78 is 0. The van der Waals surface area contributed by atoms with Gasteiger partial charge in [0.15, 0.2) is 0 Å². The monoisotopic (exact) mass is 422 g/mol. The Morgan fingerprint density at radius 3 is 2.42 bits per heavy atom. The smallest absolute Gasteiger partial charge is 0.227 e. The Morgan fingerprint density at radius 1 is 1.12 bits per heavy atom. The van der Waals surface area contributed by atoms with E-state index in [-0.39, 0.29) is 23.8 Å². The molecule has 2 atom stereocenters. The molecule has 0 spiro atoms. The van der Waals surface area contributed by atoms with E-state index in [1.807, 2.05) is 18.0 Å². The minimum atomic E-state index is 0. The second kappa shape index (κ2) is 10.7. The molecule has 1 heterocycles. The number of benzene rings is 1. The van der Waals surface area contributed by atoms with Crippen LogP contribution in [0, 0.1) is 0 Å². The Kier molecular flexibility index (Phi) is 9.70. The molecule has 0 aromatic heterocycles. The molecule has 1 aromatic rings. The zero-order valence-corrected chi connectivity index (χ0v) is 17.5. The predicted octanol–water partition coefficient (Wildman–Crippen LogP) is 4.00. The second-order valence-corrected chi connectivity index (χ2v) is 7.91. The van der Waals surface area contributed by atoms with Crippen LogP contribution in [0.15, 0.2) is 18.2 Å². The maximum absolute atomic E-state index is 12.8. The normalized spacial score (nSPS) is 23.0. The lowest BCUT2D eigenvalue weighted by atomic mass is 9.88. The molecule has 2 fully saturated rings. The summed E-state index contributed by atoms with van der Waals surface area (Å²) in [6, 6.07) is 6.32. The highest BCUT2D eigenvalue weighted by Crippen LogP contribution is 2.29. The number of hydrogen-bond acceptors (Lipinski definition) is 2. The molecule has 0 unspecified atom stereocenters. The summed E-state index contributed by atoms with van der Waals surface area (Å²) in [6.45, 7) is 2.38. The van der Waals surface area contributed by atoms with Gasteiger partial charge in [-0.1, -0.05) is 42.1 Å². The van der Waals surface area contributed by atoms with Crippen molar-refractivity contribution in [2.75, 3.05) is 20.1 Å². The maximum Gasteiger partial charge on any atom is 0.227 e. The van der Waals surface area contributed by atoms with E-state index in [0.29, 0.717) is 28.5 Å². The molecule has 2 aliphatic rings. The van der Waals surface area contributed by atoms with Gasteiger partial charge in [0.05, 0.1) is 16.5 Å². The fourth-order valence-electron chi connectivity index (χ4n) is 4.18. The van der Waals surface area contributed by atoms with Gasteiger partial charge in [0.1, 0.15) is 0 Å². The van der Waals surface area contributed by atoms with Crippen LogP contribution >= 0.6 is 35.6 Å². The fourth-order valence-corrected chi connectivity index (χ4v) is 4.50. The molecule has 2 N–H and O–H groups in total. The van der Waals surface area contributed by atoms with Gasteiger partial charge in [-0.2, -0.15) is 0 Å². The van der Waals surface area contributed by atoms with Crippen LogP contribution in [0.4, 0.5) is 0 Å². The molecule has 7 heteroatoms. The first kappa shape index (κ1) is 23.5. The second-order valence-electron chi connectivity index (χ2n) is 7.09. The van der Waals surface area contributed by atoms with Crippen molar-refractivity contribution in [2.45, 2.75) is 57.0 Å². The van der Waals surface area contributed by atoms with Crippen molar-refractivity contribution in [1.29, 1.82) is 0 Å². The number of rotatable bonds is 4. The molecule has 1 aliphatic heterocycles. The van der Waals surface area contributed by atoms with Gasteiger partial charge in [-0.15, -0.1) is 12.4 Å². The standard InChI is InChI=1S/C19H26Cl2N2O.ClH.H2O/c1-22(19(24)13-14-8-9-15(20)16(21)12-14)17-6-2-3-7-18(17)23-10-4-5-11-23;;/h8-9,12,17-18H,2-7,10-11,13H2,1H3;1H;1H2/t17-,18-;;/m0../s1. The highest BCUT2D eigenvalue weighted by Gasteiger charge is 2.35. The van der Waals surface area contributed by atoms with E-state index in [9.17, 15) is 4.79 Å². The number of likely N-dealkylation sites (tertiary alicyclic amines) is 1. The van der Waals surface area contributed by atoms with Gasteiger partial charge in [-0.25, -0.2) is 0 Å². The summed E-state index contributed by atoms with van der Waals surface area (Å²) in [7, 11) is 1.97. The van der Waals surface area contributed by atoms with E-state index in [1.54, 1.807) is 12.1 Å². The van der Waals surface area contributed by atoms with Crippen LogP contribution in [0.3, 0.4) is 0 Å². The zero-order chi connectivity index (χ0) is 17.1. The lowest BCUT2D eigenvalue weighted by Gasteiger charge is -2.42. The summed E-state index contributed by atoms with van der Waals surface area (Å²) in [5.41, 5.74) is 0.926. The van der Waals surface area contributed by atoms with E-state index in [4.69, 9.17) is 23.2 Å². The van der Waals surface area contributed by atoms with Gasteiger partial charge in [0.25, 0.3) is 0 Å². The molecule has 1 aromatic carbocycles. The Labute approximate surface area is 172 Å². The molecule has 1 aliphatic carbocycles. The van der Waals surface area contributed by atoms with Gasteiger partial charge >= 0.3 is 0 Å². The van der Waals surface area contributed by atoms with Crippen molar-refractivity contribution in [3.8, 4) is 0 Å². The number of carbonyl (C=O) groups excluding carboxylic acids is 1. The summed E-state index contributed by atoms with van der Waals surface area (Å²) in [5.74, 6) is 0.171. The number of carbonyl (C=O) groups is 1.